The third-order valence-electron chi connectivity index (χ3n) is 4.19. The molecule has 0 saturated carbocycles. The zero-order valence-electron chi connectivity index (χ0n) is 14.0. The topological polar surface area (TPSA) is 83.8 Å². The summed E-state index contributed by atoms with van der Waals surface area (Å²) in [5.41, 5.74) is -0.736. The summed E-state index contributed by atoms with van der Waals surface area (Å²) in [5, 5.41) is 11.3. The number of nitrogens with zero attached hydrogens (tertiary/aromatic N) is 3. The largest absolute Gasteiger partial charge is 0.401 e. The van der Waals surface area contributed by atoms with Crippen molar-refractivity contribution in [2.75, 3.05) is 31.1 Å². The Balaban J connectivity index is 2.30. The molecule has 1 heterocycles. The number of anilines is 1. The summed E-state index contributed by atoms with van der Waals surface area (Å²) in [7, 11) is -5.01. The Kier molecular flexibility index (Phi) is 5.94. The van der Waals surface area contributed by atoms with E-state index in [0.29, 0.717) is 6.07 Å². The highest BCUT2D eigenvalue weighted by atomic mass is 32.2. The summed E-state index contributed by atoms with van der Waals surface area (Å²) in [6, 6.07) is 1.82. The molecule has 0 spiro atoms. The van der Waals surface area contributed by atoms with Gasteiger partial charge in [-0.3, -0.25) is 15.0 Å². The summed E-state index contributed by atoms with van der Waals surface area (Å²) in [4.78, 5) is 12.1. The molecule has 1 aliphatic rings. The highest BCUT2D eigenvalue weighted by molar-refractivity contribution is 7.91. The van der Waals surface area contributed by atoms with Crippen LogP contribution in [0.15, 0.2) is 23.1 Å². The van der Waals surface area contributed by atoms with Crippen LogP contribution in [0.2, 0.25) is 0 Å². The Labute approximate surface area is 151 Å². The van der Waals surface area contributed by atoms with Crippen LogP contribution in [-0.2, 0) is 9.84 Å². The van der Waals surface area contributed by atoms with Crippen LogP contribution in [0.4, 0.5) is 33.3 Å². The first-order chi connectivity index (χ1) is 12.3. The standard InChI is InChI=1S/C14H16F5N3O4S/c1-9-7-20(4-5-21(9)8-14(17,18)19)11-3-2-10(6-12(11)22(23)24)27(25,26)13(15)16/h2-3,6,9,13H,4-5,7-8H2,1H3. The van der Waals surface area contributed by atoms with E-state index >= 15 is 0 Å². The molecule has 152 valence electrons. The minimum absolute atomic E-state index is 0.0189. The normalized spacial score (nSPS) is 19.5. The van der Waals surface area contributed by atoms with E-state index in [2.05, 4.69) is 0 Å². The van der Waals surface area contributed by atoms with Gasteiger partial charge >= 0.3 is 11.9 Å². The van der Waals surface area contributed by atoms with Gasteiger partial charge in [-0.05, 0) is 19.1 Å². The first-order valence-corrected chi connectivity index (χ1v) is 9.24. The van der Waals surface area contributed by atoms with E-state index in [-0.39, 0.29) is 25.3 Å². The smallest absolute Gasteiger partial charge is 0.363 e. The van der Waals surface area contributed by atoms with E-state index in [1.165, 1.54) is 16.7 Å². The fraction of sp³-hybridized carbons (Fsp3) is 0.571. The number of piperazine rings is 1. The molecule has 1 aromatic carbocycles. The predicted molar refractivity (Wildman–Crippen MR) is 85.6 cm³/mol. The Morgan fingerprint density at radius 3 is 2.41 bits per heavy atom. The summed E-state index contributed by atoms with van der Waals surface area (Å²) in [6.07, 6.45) is -4.38. The number of benzene rings is 1. The maximum absolute atomic E-state index is 12.7. The van der Waals surface area contributed by atoms with Gasteiger partial charge in [0.25, 0.3) is 5.69 Å². The molecule has 13 heteroatoms. The molecule has 1 aliphatic heterocycles. The second kappa shape index (κ2) is 7.54. The third-order valence-corrected chi connectivity index (χ3v) is 5.57. The third kappa shape index (κ3) is 4.83. The number of sulfone groups is 1. The molecule has 1 fully saturated rings. The lowest BCUT2D eigenvalue weighted by Crippen LogP contribution is -2.54. The SMILES string of the molecule is CC1CN(c2ccc(S(=O)(=O)C(F)F)cc2[N+](=O)[O-])CCN1CC(F)(F)F. The molecule has 2 rings (SSSR count). The van der Waals surface area contributed by atoms with Crippen molar-refractivity contribution in [3.63, 3.8) is 0 Å². The van der Waals surface area contributed by atoms with Gasteiger partial charge in [0.2, 0.25) is 9.84 Å². The molecule has 1 atom stereocenters. The number of hydrogen-bond donors (Lipinski definition) is 0. The fourth-order valence-electron chi connectivity index (χ4n) is 2.88. The van der Waals surface area contributed by atoms with Crippen LogP contribution in [0.5, 0.6) is 0 Å². The Morgan fingerprint density at radius 1 is 1.30 bits per heavy atom. The molecule has 0 amide bonds. The van der Waals surface area contributed by atoms with Crippen LogP contribution in [0, 0.1) is 10.1 Å². The van der Waals surface area contributed by atoms with E-state index in [0.717, 1.165) is 12.1 Å². The lowest BCUT2D eigenvalue weighted by molar-refractivity contribution is -0.384. The monoisotopic (exact) mass is 417 g/mol. The summed E-state index contributed by atoms with van der Waals surface area (Å²) < 4.78 is 86.0. The van der Waals surface area contributed by atoms with Crippen molar-refractivity contribution in [2.45, 2.75) is 29.8 Å². The van der Waals surface area contributed by atoms with Crippen LogP contribution in [0.3, 0.4) is 0 Å². The predicted octanol–water partition coefficient (Wildman–Crippen LogP) is 2.66. The van der Waals surface area contributed by atoms with E-state index in [4.69, 9.17) is 0 Å². The van der Waals surface area contributed by atoms with Crippen LogP contribution in [0.25, 0.3) is 0 Å². The molecular formula is C14H16F5N3O4S. The number of nitro benzene ring substituents is 1. The van der Waals surface area contributed by atoms with Crippen molar-refractivity contribution >= 4 is 21.2 Å². The molecule has 0 aliphatic carbocycles. The summed E-state index contributed by atoms with van der Waals surface area (Å²) >= 11 is 0. The van der Waals surface area contributed by atoms with Gasteiger partial charge in [-0.25, -0.2) is 8.42 Å². The van der Waals surface area contributed by atoms with Crippen molar-refractivity contribution in [1.82, 2.24) is 4.90 Å². The van der Waals surface area contributed by atoms with Gasteiger partial charge in [0.1, 0.15) is 5.69 Å². The molecule has 0 N–H and O–H groups in total. The maximum Gasteiger partial charge on any atom is 0.401 e. The van der Waals surface area contributed by atoms with Crippen LogP contribution in [0.1, 0.15) is 6.92 Å². The zero-order valence-corrected chi connectivity index (χ0v) is 14.8. The van der Waals surface area contributed by atoms with E-state index < -0.39 is 49.9 Å². The van der Waals surface area contributed by atoms with Gasteiger partial charge < -0.3 is 4.90 Å². The first-order valence-electron chi connectivity index (χ1n) is 7.69. The summed E-state index contributed by atoms with van der Waals surface area (Å²) in [5.74, 6) is -3.73. The Hall–Kier alpha value is -2.02. The molecule has 1 saturated heterocycles. The highest BCUT2D eigenvalue weighted by Gasteiger charge is 2.36. The highest BCUT2D eigenvalue weighted by Crippen LogP contribution is 2.34. The number of halogens is 5. The van der Waals surface area contributed by atoms with Crippen molar-refractivity contribution in [3.8, 4) is 0 Å². The average molecular weight is 417 g/mol. The maximum atomic E-state index is 12.7. The minimum atomic E-state index is -5.01. The molecule has 1 aromatic rings. The van der Waals surface area contributed by atoms with Crippen molar-refractivity contribution < 1.29 is 35.3 Å². The fourth-order valence-corrected chi connectivity index (χ4v) is 3.62. The molecule has 0 radical (unpaired) electrons. The van der Waals surface area contributed by atoms with Crippen LogP contribution < -0.4 is 4.90 Å². The van der Waals surface area contributed by atoms with E-state index in [9.17, 15) is 40.5 Å². The average Bonchev–Trinajstić information content (AvgIpc) is 2.54. The second-order valence-corrected chi connectivity index (χ2v) is 8.01. The molecular weight excluding hydrogens is 401 g/mol. The zero-order chi connectivity index (χ0) is 20.6. The number of nitro groups is 1. The number of alkyl halides is 5. The minimum Gasteiger partial charge on any atom is -0.363 e. The van der Waals surface area contributed by atoms with Gasteiger partial charge in [-0.1, -0.05) is 0 Å². The van der Waals surface area contributed by atoms with Crippen LogP contribution >= 0.6 is 0 Å². The molecule has 0 aromatic heterocycles. The van der Waals surface area contributed by atoms with Crippen LogP contribution in [-0.4, -0.2) is 62.4 Å². The van der Waals surface area contributed by atoms with Gasteiger partial charge in [0, 0.05) is 31.7 Å². The second-order valence-electron chi connectivity index (χ2n) is 6.09. The van der Waals surface area contributed by atoms with Crippen molar-refractivity contribution in [1.29, 1.82) is 0 Å². The Bertz CT molecular complexity index is 815. The lowest BCUT2D eigenvalue weighted by atomic mass is 10.1. The van der Waals surface area contributed by atoms with E-state index in [1.54, 1.807) is 0 Å². The molecule has 7 nitrogen and oxygen atoms in total. The molecule has 1 unspecified atom stereocenters. The molecule has 0 bridgehead atoms. The van der Waals surface area contributed by atoms with Crippen molar-refractivity contribution in [3.05, 3.63) is 28.3 Å². The van der Waals surface area contributed by atoms with E-state index in [1.807, 2.05) is 0 Å². The summed E-state index contributed by atoms with van der Waals surface area (Å²) in [6.45, 7) is 0.448. The van der Waals surface area contributed by atoms with Gasteiger partial charge in [0.05, 0.1) is 16.4 Å². The van der Waals surface area contributed by atoms with Gasteiger partial charge in [0.15, 0.2) is 0 Å². The Morgan fingerprint density at radius 2 is 1.93 bits per heavy atom. The quantitative estimate of drug-likeness (QED) is 0.416. The lowest BCUT2D eigenvalue weighted by Gasteiger charge is -2.40. The molecule has 27 heavy (non-hydrogen) atoms. The first kappa shape index (κ1) is 21.3. The van der Waals surface area contributed by atoms with Gasteiger partial charge in [-0.15, -0.1) is 0 Å². The number of hydrogen-bond acceptors (Lipinski definition) is 6. The van der Waals surface area contributed by atoms with Crippen molar-refractivity contribution in [2.24, 2.45) is 0 Å². The van der Waals surface area contributed by atoms with Gasteiger partial charge in [-0.2, -0.15) is 22.0 Å². The number of rotatable bonds is 5.